The molecule has 0 radical (unpaired) electrons. The Morgan fingerprint density at radius 3 is 2.53 bits per heavy atom. The van der Waals surface area contributed by atoms with Crippen molar-refractivity contribution in [2.75, 3.05) is 31.0 Å². The van der Waals surface area contributed by atoms with Crippen LogP contribution in [-0.4, -0.2) is 37.5 Å². The van der Waals surface area contributed by atoms with Gasteiger partial charge < -0.3 is 19.7 Å². The number of fused-ring (bicyclic) bond motifs is 1. The van der Waals surface area contributed by atoms with Crippen LogP contribution in [0.4, 0.5) is 17.1 Å². The average Bonchev–Trinajstić information content (AvgIpc) is 3.47. The summed E-state index contributed by atoms with van der Waals surface area (Å²) in [4.78, 5) is 38.9. The van der Waals surface area contributed by atoms with Crippen LogP contribution in [0.3, 0.4) is 0 Å². The highest BCUT2D eigenvalue weighted by atomic mass is 32.1. The van der Waals surface area contributed by atoms with E-state index in [4.69, 9.17) is 9.47 Å². The first-order chi connectivity index (χ1) is 15.4. The maximum absolute atomic E-state index is 12.9. The topological polar surface area (TPSA) is 111 Å². The van der Waals surface area contributed by atoms with Crippen LogP contribution in [-0.2, 0) is 6.42 Å². The number of rotatable bonds is 6. The molecule has 1 aliphatic rings. The van der Waals surface area contributed by atoms with Crippen molar-refractivity contribution in [1.82, 2.24) is 0 Å². The Morgan fingerprint density at radius 2 is 1.88 bits per heavy atom. The van der Waals surface area contributed by atoms with E-state index in [0.717, 1.165) is 11.6 Å². The zero-order valence-corrected chi connectivity index (χ0v) is 18.1. The number of hydrogen-bond acceptors (Lipinski definition) is 7. The van der Waals surface area contributed by atoms with E-state index in [-0.39, 0.29) is 23.0 Å². The summed E-state index contributed by atoms with van der Waals surface area (Å²) in [5.74, 6) is -0.426. The third-order valence-corrected chi connectivity index (χ3v) is 6.02. The molecule has 0 unspecified atom stereocenters. The van der Waals surface area contributed by atoms with Gasteiger partial charge in [-0.15, -0.1) is 11.3 Å². The first-order valence-electron chi connectivity index (χ1n) is 9.63. The lowest BCUT2D eigenvalue weighted by Crippen LogP contribution is -2.28. The molecule has 0 atom stereocenters. The number of benzene rings is 2. The first kappa shape index (κ1) is 21.3. The summed E-state index contributed by atoms with van der Waals surface area (Å²) in [5.41, 5.74) is 1.55. The second-order valence-corrected chi connectivity index (χ2v) is 7.91. The van der Waals surface area contributed by atoms with Crippen molar-refractivity contribution in [2.45, 2.75) is 6.42 Å². The minimum absolute atomic E-state index is 0.0993. The predicted molar refractivity (Wildman–Crippen MR) is 120 cm³/mol. The first-order valence-corrected chi connectivity index (χ1v) is 10.5. The number of nitrogens with zero attached hydrogens (tertiary/aromatic N) is 2. The van der Waals surface area contributed by atoms with E-state index in [9.17, 15) is 19.7 Å². The van der Waals surface area contributed by atoms with Crippen molar-refractivity contribution < 1.29 is 24.0 Å². The maximum Gasteiger partial charge on any atom is 0.286 e. The van der Waals surface area contributed by atoms with Gasteiger partial charge in [0.1, 0.15) is 5.56 Å². The Morgan fingerprint density at radius 1 is 1.12 bits per heavy atom. The number of nitrogens with one attached hydrogen (secondary N) is 1. The lowest BCUT2D eigenvalue weighted by molar-refractivity contribution is -0.385. The lowest BCUT2D eigenvalue weighted by atomic mass is 10.1. The Labute approximate surface area is 187 Å². The molecule has 32 heavy (non-hydrogen) atoms. The summed E-state index contributed by atoms with van der Waals surface area (Å²) < 4.78 is 10.3. The fraction of sp³-hybridized carbons (Fsp3) is 0.182. The number of anilines is 2. The molecule has 1 aromatic heterocycles. The zero-order chi connectivity index (χ0) is 22.8. The van der Waals surface area contributed by atoms with Crippen molar-refractivity contribution >= 4 is 40.2 Å². The quantitative estimate of drug-likeness (QED) is 0.444. The van der Waals surface area contributed by atoms with Crippen molar-refractivity contribution in [3.05, 3.63) is 74.0 Å². The third-order valence-electron chi connectivity index (χ3n) is 5.16. The molecule has 164 valence electrons. The molecule has 0 saturated heterocycles. The van der Waals surface area contributed by atoms with Crippen molar-refractivity contribution in [3.63, 3.8) is 0 Å². The van der Waals surface area contributed by atoms with Gasteiger partial charge in [0.25, 0.3) is 17.5 Å². The number of nitro groups is 1. The number of methoxy groups -OCH3 is 2. The normalized spacial score (nSPS) is 12.2. The van der Waals surface area contributed by atoms with Crippen molar-refractivity contribution in [3.8, 4) is 11.5 Å². The fourth-order valence-corrected chi connectivity index (χ4v) is 4.27. The van der Waals surface area contributed by atoms with Gasteiger partial charge in [0.15, 0.2) is 11.5 Å². The summed E-state index contributed by atoms with van der Waals surface area (Å²) in [6.45, 7) is 0.546. The molecule has 0 spiro atoms. The van der Waals surface area contributed by atoms with E-state index in [0.29, 0.717) is 29.2 Å². The second kappa shape index (κ2) is 8.67. The van der Waals surface area contributed by atoms with Crippen LogP contribution in [0, 0.1) is 10.1 Å². The van der Waals surface area contributed by atoms with Crippen LogP contribution in [0.1, 0.15) is 25.6 Å². The highest BCUT2D eigenvalue weighted by Crippen LogP contribution is 2.36. The molecule has 1 N–H and O–H groups in total. The van der Waals surface area contributed by atoms with E-state index in [2.05, 4.69) is 5.32 Å². The Hall–Kier alpha value is -3.92. The number of ether oxygens (including phenoxy) is 2. The minimum Gasteiger partial charge on any atom is -0.493 e. The van der Waals surface area contributed by atoms with E-state index >= 15 is 0 Å². The lowest BCUT2D eigenvalue weighted by Gasteiger charge is -2.17. The van der Waals surface area contributed by atoms with Gasteiger partial charge in [-0.2, -0.15) is 0 Å². The number of hydrogen-bond donors (Lipinski definition) is 1. The molecule has 2 aromatic carbocycles. The van der Waals surface area contributed by atoms with Gasteiger partial charge in [-0.25, -0.2) is 0 Å². The van der Waals surface area contributed by atoms with Crippen molar-refractivity contribution in [2.24, 2.45) is 0 Å². The molecule has 0 aliphatic carbocycles. The van der Waals surface area contributed by atoms with Gasteiger partial charge in [-0.1, -0.05) is 12.1 Å². The van der Waals surface area contributed by atoms with Crippen LogP contribution < -0.4 is 19.7 Å². The van der Waals surface area contributed by atoms with E-state index < -0.39 is 16.5 Å². The molecule has 4 rings (SSSR count). The van der Waals surface area contributed by atoms with E-state index in [1.54, 1.807) is 23.1 Å². The van der Waals surface area contributed by atoms with Gasteiger partial charge in [-0.05, 0) is 35.6 Å². The van der Waals surface area contributed by atoms with Crippen LogP contribution in [0.15, 0.2) is 47.8 Å². The summed E-state index contributed by atoms with van der Waals surface area (Å²) in [6.07, 6.45) is 0.710. The van der Waals surface area contributed by atoms with Crippen molar-refractivity contribution in [1.29, 1.82) is 0 Å². The zero-order valence-electron chi connectivity index (χ0n) is 17.3. The number of carbonyl (C=O) groups is 2. The number of carbonyl (C=O) groups excluding carboxylic acids is 2. The summed E-state index contributed by atoms with van der Waals surface area (Å²) in [5, 5.41) is 16.1. The highest BCUT2D eigenvalue weighted by molar-refractivity contribution is 7.12. The average molecular weight is 453 g/mol. The summed E-state index contributed by atoms with van der Waals surface area (Å²) in [6, 6.07) is 11.3. The van der Waals surface area contributed by atoms with E-state index in [1.807, 2.05) is 17.5 Å². The predicted octanol–water partition coefficient (Wildman–Crippen LogP) is 4.13. The molecule has 0 fully saturated rings. The summed E-state index contributed by atoms with van der Waals surface area (Å²) >= 11 is 1.37. The van der Waals surface area contributed by atoms with Gasteiger partial charge >= 0.3 is 0 Å². The molecule has 2 amide bonds. The number of amides is 2. The molecule has 9 nitrogen and oxygen atoms in total. The highest BCUT2D eigenvalue weighted by Gasteiger charge is 2.28. The van der Waals surface area contributed by atoms with Crippen LogP contribution in [0.25, 0.3) is 0 Å². The molecule has 10 heteroatoms. The van der Waals surface area contributed by atoms with Gasteiger partial charge in [-0.3, -0.25) is 19.7 Å². The molecular weight excluding hydrogens is 434 g/mol. The number of thiophene rings is 1. The molecular formula is C22H19N3O6S. The molecule has 3 aromatic rings. The summed E-state index contributed by atoms with van der Waals surface area (Å²) in [7, 11) is 2.74. The fourth-order valence-electron chi connectivity index (χ4n) is 3.60. The maximum atomic E-state index is 12.9. The largest absolute Gasteiger partial charge is 0.493 e. The minimum atomic E-state index is -0.674. The molecule has 2 heterocycles. The molecule has 0 saturated carbocycles. The van der Waals surface area contributed by atoms with Crippen LogP contribution in [0.2, 0.25) is 0 Å². The Balaban J connectivity index is 1.63. The number of nitro benzene ring substituents is 1. The van der Waals surface area contributed by atoms with Crippen LogP contribution >= 0.6 is 11.3 Å². The Kier molecular flexibility index (Phi) is 5.78. The SMILES string of the molecule is COc1cc(C(=O)Nc2ccc3c(c2)N(C(=O)c2cccs2)CC3)c([N+](=O)[O-])cc1OC. The second-order valence-electron chi connectivity index (χ2n) is 6.96. The Bertz CT molecular complexity index is 1210. The van der Waals surface area contributed by atoms with Gasteiger partial charge in [0.05, 0.1) is 30.1 Å². The van der Waals surface area contributed by atoms with E-state index in [1.165, 1.54) is 31.6 Å². The van der Waals surface area contributed by atoms with Gasteiger partial charge in [0.2, 0.25) is 0 Å². The third kappa shape index (κ3) is 3.87. The smallest absolute Gasteiger partial charge is 0.286 e. The standard InChI is InChI=1S/C22H19N3O6S/c1-30-18-11-15(17(25(28)29)12-19(18)31-2)21(26)23-14-6-5-13-7-8-24(16(13)10-14)22(27)20-4-3-9-32-20/h3-6,9-12H,7-8H2,1-2H3,(H,23,26). The molecule has 1 aliphatic heterocycles. The molecule has 0 bridgehead atoms. The monoisotopic (exact) mass is 453 g/mol. The van der Waals surface area contributed by atoms with Crippen LogP contribution in [0.5, 0.6) is 11.5 Å². The van der Waals surface area contributed by atoms with Gasteiger partial charge in [0, 0.05) is 24.0 Å².